The number of hydrogen-bond donors (Lipinski definition) is 0. The van der Waals surface area contributed by atoms with Crippen LogP contribution in [0, 0.1) is 0 Å². The predicted molar refractivity (Wildman–Crippen MR) is 56.9 cm³/mol. The van der Waals surface area contributed by atoms with E-state index in [1.165, 1.54) is 32.5 Å². The van der Waals surface area contributed by atoms with Gasteiger partial charge in [0, 0.05) is 35.5 Å². The van der Waals surface area contributed by atoms with Crippen LogP contribution in [0.1, 0.15) is 19.8 Å². The predicted octanol–water partition coefficient (Wildman–Crippen LogP) is 1.75. The largest absolute Gasteiger partial charge is 0.306 e. The topological polar surface area (TPSA) is 6.48 Å². The van der Waals surface area contributed by atoms with Gasteiger partial charge in [0.15, 0.2) is 0 Å². The van der Waals surface area contributed by atoms with Crippen LogP contribution in [0.5, 0.6) is 0 Å². The third-order valence-electron chi connectivity index (χ3n) is 2.39. The molecule has 3 heteroatoms. The van der Waals surface area contributed by atoms with Crippen LogP contribution in [0.3, 0.4) is 0 Å². The molecule has 0 spiro atoms. The molecule has 66 valence electrons. The van der Waals surface area contributed by atoms with Gasteiger partial charge in [-0.15, -0.1) is 0 Å². The maximum Gasteiger partial charge on any atom is 0.0218 e. The van der Waals surface area contributed by atoms with Gasteiger partial charge in [0.2, 0.25) is 0 Å². The van der Waals surface area contributed by atoms with E-state index in [4.69, 9.17) is 0 Å². The van der Waals surface area contributed by atoms with Gasteiger partial charge in [-0.25, -0.2) is 3.11 Å². The van der Waals surface area contributed by atoms with Gasteiger partial charge in [0.25, 0.3) is 0 Å². The van der Waals surface area contributed by atoms with E-state index in [0.717, 1.165) is 6.04 Å². The number of rotatable bonds is 2. The maximum absolute atomic E-state index is 2.45. The fourth-order valence-corrected chi connectivity index (χ4v) is 2.09. The van der Waals surface area contributed by atoms with E-state index in [0.29, 0.717) is 0 Å². The van der Waals surface area contributed by atoms with Crippen molar-refractivity contribution >= 4 is 22.9 Å². The highest BCUT2D eigenvalue weighted by atomic mass is 127. The van der Waals surface area contributed by atoms with Crippen LogP contribution in [-0.2, 0) is 0 Å². The van der Waals surface area contributed by atoms with Gasteiger partial charge in [-0.2, -0.15) is 0 Å². The molecule has 0 atom stereocenters. The summed E-state index contributed by atoms with van der Waals surface area (Å²) in [5, 5.41) is 0. The lowest BCUT2D eigenvalue weighted by molar-refractivity contribution is 0.204. The number of likely N-dealkylation sites (tertiary alicyclic amines) is 1. The van der Waals surface area contributed by atoms with Crippen LogP contribution in [0.2, 0.25) is 0 Å². The molecule has 1 heterocycles. The first kappa shape index (κ1) is 9.74. The Kier molecular flexibility index (Phi) is 4.09. The van der Waals surface area contributed by atoms with Gasteiger partial charge in [0.05, 0.1) is 0 Å². The summed E-state index contributed by atoms with van der Waals surface area (Å²) in [4.78, 5) is 2.41. The monoisotopic (exact) mass is 268 g/mol. The molecule has 1 saturated heterocycles. The van der Waals surface area contributed by atoms with Crippen LogP contribution in [-0.4, -0.2) is 40.7 Å². The Morgan fingerprint density at radius 3 is 2.45 bits per heavy atom. The number of hydrogen-bond acceptors (Lipinski definition) is 2. The summed E-state index contributed by atoms with van der Waals surface area (Å²) in [6.45, 7) is 5.94. The van der Waals surface area contributed by atoms with Crippen molar-refractivity contribution in [3.05, 3.63) is 0 Å². The van der Waals surface area contributed by atoms with E-state index in [1.807, 2.05) is 0 Å². The van der Waals surface area contributed by atoms with Crippen molar-refractivity contribution in [2.75, 3.05) is 26.7 Å². The minimum atomic E-state index is 0.830. The summed E-state index contributed by atoms with van der Waals surface area (Å²) in [7, 11) is 2.21. The molecular formula is C8H17IN2. The highest BCUT2D eigenvalue weighted by Gasteiger charge is 2.19. The fourth-order valence-electron chi connectivity index (χ4n) is 1.53. The zero-order chi connectivity index (χ0) is 8.27. The summed E-state index contributed by atoms with van der Waals surface area (Å²) in [6, 6.07) is 0.830. The SMILES string of the molecule is CCN(I)C1CCN(C)CC1. The molecule has 0 bridgehead atoms. The van der Waals surface area contributed by atoms with Gasteiger partial charge < -0.3 is 4.90 Å². The van der Waals surface area contributed by atoms with E-state index < -0.39 is 0 Å². The Labute approximate surface area is 83.4 Å². The molecule has 1 aliphatic rings. The van der Waals surface area contributed by atoms with Crippen LogP contribution in [0.4, 0.5) is 0 Å². The zero-order valence-electron chi connectivity index (χ0n) is 7.39. The van der Waals surface area contributed by atoms with Crippen molar-refractivity contribution in [2.24, 2.45) is 0 Å². The van der Waals surface area contributed by atoms with E-state index in [9.17, 15) is 0 Å². The highest BCUT2D eigenvalue weighted by Crippen LogP contribution is 2.18. The Morgan fingerprint density at radius 2 is 2.00 bits per heavy atom. The summed E-state index contributed by atoms with van der Waals surface area (Å²) < 4.78 is 2.44. The third-order valence-corrected chi connectivity index (χ3v) is 3.86. The van der Waals surface area contributed by atoms with Crippen molar-refractivity contribution in [3.63, 3.8) is 0 Å². The summed E-state index contributed by atoms with van der Waals surface area (Å²) in [6.07, 6.45) is 2.68. The highest BCUT2D eigenvalue weighted by molar-refractivity contribution is 14.1. The molecule has 2 nitrogen and oxygen atoms in total. The lowest BCUT2D eigenvalue weighted by atomic mass is 10.1. The zero-order valence-corrected chi connectivity index (χ0v) is 9.54. The van der Waals surface area contributed by atoms with Crippen LogP contribution >= 0.6 is 22.9 Å². The lowest BCUT2D eigenvalue weighted by Crippen LogP contribution is -2.39. The summed E-state index contributed by atoms with van der Waals surface area (Å²) in [5.41, 5.74) is 0. The molecule has 0 aromatic rings. The number of piperidine rings is 1. The molecule has 0 aliphatic carbocycles. The molecule has 0 N–H and O–H groups in total. The van der Waals surface area contributed by atoms with Crippen molar-refractivity contribution in [1.82, 2.24) is 8.01 Å². The minimum Gasteiger partial charge on any atom is -0.306 e. The Morgan fingerprint density at radius 1 is 1.45 bits per heavy atom. The molecule has 0 unspecified atom stereocenters. The van der Waals surface area contributed by atoms with Crippen LogP contribution in [0.25, 0.3) is 0 Å². The maximum atomic E-state index is 2.45. The summed E-state index contributed by atoms with van der Waals surface area (Å²) in [5.74, 6) is 0. The molecule has 1 fully saturated rings. The Hall–Kier alpha value is 0.650. The lowest BCUT2D eigenvalue weighted by Gasteiger charge is -2.33. The molecule has 1 rings (SSSR count). The van der Waals surface area contributed by atoms with Gasteiger partial charge in [0.1, 0.15) is 0 Å². The van der Waals surface area contributed by atoms with E-state index in [2.05, 4.69) is 44.8 Å². The number of halogens is 1. The molecule has 0 radical (unpaired) electrons. The molecule has 11 heavy (non-hydrogen) atoms. The Bertz CT molecular complexity index is 111. The average Bonchev–Trinajstić information content (AvgIpc) is 2.05. The first-order valence-corrected chi connectivity index (χ1v) is 5.31. The van der Waals surface area contributed by atoms with Gasteiger partial charge in [-0.1, -0.05) is 6.92 Å². The van der Waals surface area contributed by atoms with Crippen molar-refractivity contribution in [3.8, 4) is 0 Å². The second-order valence-corrected chi connectivity index (χ2v) is 4.49. The molecular weight excluding hydrogens is 251 g/mol. The molecule has 0 aromatic heterocycles. The third kappa shape index (κ3) is 2.87. The molecule has 0 aromatic carbocycles. The van der Waals surface area contributed by atoms with Crippen LogP contribution in [0.15, 0.2) is 0 Å². The molecule has 1 aliphatic heterocycles. The standard InChI is InChI=1S/C8H17IN2/c1-3-11(9)8-4-6-10(2)7-5-8/h8H,3-7H2,1-2H3. The normalized spacial score (nSPS) is 22.9. The van der Waals surface area contributed by atoms with E-state index in [1.54, 1.807) is 0 Å². The van der Waals surface area contributed by atoms with Crippen LogP contribution < -0.4 is 0 Å². The van der Waals surface area contributed by atoms with Gasteiger partial charge in [-0.3, -0.25) is 0 Å². The van der Waals surface area contributed by atoms with Crippen molar-refractivity contribution in [2.45, 2.75) is 25.8 Å². The minimum absolute atomic E-state index is 0.830. The second-order valence-electron chi connectivity index (χ2n) is 3.25. The first-order valence-electron chi connectivity index (χ1n) is 4.35. The fraction of sp³-hybridized carbons (Fsp3) is 1.00. The quantitative estimate of drug-likeness (QED) is 0.556. The van der Waals surface area contributed by atoms with E-state index in [-0.39, 0.29) is 0 Å². The number of nitrogens with zero attached hydrogens (tertiary/aromatic N) is 2. The molecule has 0 amide bonds. The molecule has 0 saturated carbocycles. The van der Waals surface area contributed by atoms with Gasteiger partial charge in [-0.05, 0) is 33.0 Å². The smallest absolute Gasteiger partial charge is 0.0218 e. The summed E-state index contributed by atoms with van der Waals surface area (Å²) >= 11 is 2.45. The van der Waals surface area contributed by atoms with Gasteiger partial charge >= 0.3 is 0 Å². The second kappa shape index (κ2) is 4.62. The van der Waals surface area contributed by atoms with Crippen molar-refractivity contribution in [1.29, 1.82) is 0 Å². The van der Waals surface area contributed by atoms with E-state index >= 15 is 0 Å². The average molecular weight is 268 g/mol. The van der Waals surface area contributed by atoms with Crippen molar-refractivity contribution < 1.29 is 0 Å². The Balaban J connectivity index is 2.27. The first-order chi connectivity index (χ1) is 5.24.